The smallest absolute Gasteiger partial charge is 0.0355 e. The first kappa shape index (κ1) is 12.5. The predicted molar refractivity (Wildman–Crippen MR) is 73.4 cm³/mol. The van der Waals surface area contributed by atoms with Crippen LogP contribution >= 0.6 is 12.8 Å². The summed E-state index contributed by atoms with van der Waals surface area (Å²) in [7, 11) is 0. The number of hydrogen-bond donors (Lipinski definition) is 2. The second kappa shape index (κ2) is 4.73. The van der Waals surface area contributed by atoms with Gasteiger partial charge in [0.05, 0.1) is 0 Å². The van der Waals surface area contributed by atoms with Crippen LogP contribution in [0, 0.1) is 23.2 Å². The van der Waals surface area contributed by atoms with Gasteiger partial charge in [0.15, 0.2) is 0 Å². The Hall–Kier alpha value is 0.0500. The molecule has 0 radical (unpaired) electrons. The van der Waals surface area contributed by atoms with Gasteiger partial charge in [0, 0.05) is 6.04 Å². The molecule has 0 aliphatic heterocycles. The number of allylic oxidation sites excluding steroid dienone is 1. The minimum atomic E-state index is 0.489. The Labute approximate surface area is 106 Å². The maximum Gasteiger partial charge on any atom is 0.0355 e. The van der Waals surface area contributed by atoms with Gasteiger partial charge in [-0.2, -0.15) is 0 Å². The van der Waals surface area contributed by atoms with E-state index in [0.717, 1.165) is 17.8 Å². The van der Waals surface area contributed by atoms with Crippen LogP contribution in [0.4, 0.5) is 0 Å². The van der Waals surface area contributed by atoms with Gasteiger partial charge in [0.25, 0.3) is 0 Å². The molecular formula is C14H25NS. The van der Waals surface area contributed by atoms with Crippen LogP contribution in [0.3, 0.4) is 0 Å². The van der Waals surface area contributed by atoms with Crippen molar-refractivity contribution in [3.8, 4) is 0 Å². The molecule has 0 bridgehead atoms. The third-order valence-corrected chi connectivity index (χ3v) is 5.23. The van der Waals surface area contributed by atoms with E-state index in [1.165, 1.54) is 25.7 Å². The second-order valence-corrected chi connectivity index (χ2v) is 6.62. The van der Waals surface area contributed by atoms with Crippen molar-refractivity contribution in [2.24, 2.45) is 23.2 Å². The van der Waals surface area contributed by atoms with E-state index < -0.39 is 0 Å². The quantitative estimate of drug-likeness (QED) is 0.563. The Bertz CT molecular complexity index is 274. The fourth-order valence-electron chi connectivity index (χ4n) is 3.54. The summed E-state index contributed by atoms with van der Waals surface area (Å²) in [6.07, 6.45) is 10.2. The summed E-state index contributed by atoms with van der Waals surface area (Å²) in [5.74, 6) is 2.56. The molecule has 1 fully saturated rings. The lowest BCUT2D eigenvalue weighted by Gasteiger charge is -2.31. The molecule has 2 aliphatic rings. The molecule has 0 spiro atoms. The SMILES string of the molecule is CC(C)C1CC[C@](C)(C2C=CC(NS)C2)C1. The Kier molecular flexibility index (Phi) is 3.70. The Balaban J connectivity index is 1.98. The zero-order valence-corrected chi connectivity index (χ0v) is 11.6. The van der Waals surface area contributed by atoms with E-state index in [1.807, 2.05) is 0 Å². The average Bonchev–Trinajstić information content (AvgIpc) is 2.84. The number of hydrogen-bond acceptors (Lipinski definition) is 2. The van der Waals surface area contributed by atoms with Gasteiger partial charge in [-0.15, -0.1) is 0 Å². The van der Waals surface area contributed by atoms with Crippen molar-refractivity contribution in [2.45, 2.75) is 52.5 Å². The summed E-state index contributed by atoms with van der Waals surface area (Å²) >= 11 is 4.18. The molecular weight excluding hydrogens is 214 g/mol. The first-order valence-corrected chi connectivity index (χ1v) is 7.08. The Morgan fingerprint density at radius 2 is 2.12 bits per heavy atom. The standard InChI is InChI=1S/C14H25NS/c1-10(2)11-6-7-14(3,9-11)12-4-5-13(8-12)15-16/h4-5,10-13,15-16H,6-9H2,1-3H3/t11?,12?,13?,14-/m0/s1. The van der Waals surface area contributed by atoms with Crippen molar-refractivity contribution < 1.29 is 0 Å². The van der Waals surface area contributed by atoms with Crippen LogP contribution in [0.2, 0.25) is 0 Å². The summed E-state index contributed by atoms with van der Waals surface area (Å²) in [5, 5.41) is 0. The third-order valence-electron chi connectivity index (χ3n) is 4.90. The zero-order valence-electron chi connectivity index (χ0n) is 10.7. The van der Waals surface area contributed by atoms with Crippen LogP contribution in [0.15, 0.2) is 12.2 Å². The monoisotopic (exact) mass is 239 g/mol. The lowest BCUT2D eigenvalue weighted by atomic mass is 9.74. The van der Waals surface area contributed by atoms with Gasteiger partial charge in [-0.25, -0.2) is 0 Å². The highest BCUT2D eigenvalue weighted by molar-refractivity contribution is 7.78. The molecule has 3 unspecified atom stereocenters. The zero-order chi connectivity index (χ0) is 11.8. The maximum absolute atomic E-state index is 4.18. The van der Waals surface area contributed by atoms with E-state index in [1.54, 1.807) is 0 Å². The fraction of sp³-hybridized carbons (Fsp3) is 0.857. The van der Waals surface area contributed by atoms with Crippen molar-refractivity contribution in [3.05, 3.63) is 12.2 Å². The summed E-state index contributed by atoms with van der Waals surface area (Å²) < 4.78 is 3.08. The van der Waals surface area contributed by atoms with Gasteiger partial charge < -0.3 is 0 Å². The van der Waals surface area contributed by atoms with E-state index in [-0.39, 0.29) is 0 Å². The Morgan fingerprint density at radius 1 is 1.38 bits per heavy atom. The molecule has 0 aromatic rings. The highest BCUT2D eigenvalue weighted by Crippen LogP contribution is 2.51. The summed E-state index contributed by atoms with van der Waals surface area (Å²) in [6.45, 7) is 7.24. The van der Waals surface area contributed by atoms with Gasteiger partial charge >= 0.3 is 0 Å². The van der Waals surface area contributed by atoms with E-state index in [0.29, 0.717) is 11.5 Å². The average molecular weight is 239 g/mol. The van der Waals surface area contributed by atoms with Crippen molar-refractivity contribution in [1.29, 1.82) is 0 Å². The van der Waals surface area contributed by atoms with Gasteiger partial charge in [-0.05, 0) is 48.9 Å². The highest BCUT2D eigenvalue weighted by Gasteiger charge is 2.42. The van der Waals surface area contributed by atoms with Crippen LogP contribution in [0.25, 0.3) is 0 Å². The molecule has 0 aromatic carbocycles. The first-order chi connectivity index (χ1) is 7.55. The fourth-order valence-corrected chi connectivity index (χ4v) is 3.73. The third kappa shape index (κ3) is 2.33. The lowest BCUT2D eigenvalue weighted by molar-refractivity contribution is 0.210. The van der Waals surface area contributed by atoms with Gasteiger partial charge in [0.1, 0.15) is 0 Å². The minimum Gasteiger partial charge on any atom is -0.260 e. The number of thiol groups is 1. The minimum absolute atomic E-state index is 0.489. The summed E-state index contributed by atoms with van der Waals surface area (Å²) in [4.78, 5) is 0. The molecule has 0 aromatic heterocycles. The summed E-state index contributed by atoms with van der Waals surface area (Å²) in [5.41, 5.74) is 0.546. The van der Waals surface area contributed by atoms with Gasteiger partial charge in [0.2, 0.25) is 0 Å². The molecule has 92 valence electrons. The van der Waals surface area contributed by atoms with Gasteiger partial charge in [-0.1, -0.05) is 45.7 Å². The summed E-state index contributed by atoms with van der Waals surface area (Å²) in [6, 6.07) is 0.489. The molecule has 1 saturated carbocycles. The van der Waals surface area contributed by atoms with E-state index in [9.17, 15) is 0 Å². The molecule has 1 nitrogen and oxygen atoms in total. The van der Waals surface area contributed by atoms with Crippen molar-refractivity contribution in [2.75, 3.05) is 0 Å². The largest absolute Gasteiger partial charge is 0.260 e. The first-order valence-electron chi connectivity index (χ1n) is 6.63. The molecule has 16 heavy (non-hydrogen) atoms. The normalized spacial score (nSPS) is 43.4. The van der Waals surface area contributed by atoms with Crippen molar-refractivity contribution in [3.63, 3.8) is 0 Å². The van der Waals surface area contributed by atoms with E-state index in [2.05, 4.69) is 50.5 Å². The van der Waals surface area contributed by atoms with Crippen LogP contribution in [-0.4, -0.2) is 6.04 Å². The van der Waals surface area contributed by atoms with Crippen LogP contribution < -0.4 is 4.72 Å². The molecule has 2 heteroatoms. The van der Waals surface area contributed by atoms with Crippen LogP contribution in [-0.2, 0) is 0 Å². The van der Waals surface area contributed by atoms with Crippen molar-refractivity contribution >= 4 is 12.8 Å². The Morgan fingerprint density at radius 3 is 2.62 bits per heavy atom. The molecule has 0 amide bonds. The van der Waals surface area contributed by atoms with Crippen LogP contribution in [0.5, 0.6) is 0 Å². The van der Waals surface area contributed by atoms with Crippen LogP contribution in [0.1, 0.15) is 46.5 Å². The molecule has 1 N–H and O–H groups in total. The van der Waals surface area contributed by atoms with E-state index >= 15 is 0 Å². The maximum atomic E-state index is 4.18. The predicted octanol–water partition coefficient (Wildman–Crippen LogP) is 3.83. The topological polar surface area (TPSA) is 12.0 Å². The molecule has 2 rings (SSSR count). The number of rotatable bonds is 3. The molecule has 2 aliphatic carbocycles. The van der Waals surface area contributed by atoms with E-state index in [4.69, 9.17) is 0 Å². The van der Waals surface area contributed by atoms with Gasteiger partial charge in [-0.3, -0.25) is 4.72 Å². The molecule has 4 atom stereocenters. The van der Waals surface area contributed by atoms with Crippen molar-refractivity contribution in [1.82, 2.24) is 4.72 Å². The lowest BCUT2D eigenvalue weighted by Crippen LogP contribution is -2.26. The highest BCUT2D eigenvalue weighted by atomic mass is 32.1. The molecule has 0 heterocycles. The second-order valence-electron chi connectivity index (χ2n) is 6.36. The molecule has 0 saturated heterocycles. The number of nitrogens with one attached hydrogen (secondary N) is 1.